The lowest BCUT2D eigenvalue weighted by Gasteiger charge is -2.63. The van der Waals surface area contributed by atoms with Gasteiger partial charge < -0.3 is 9.64 Å². The molecule has 1 heterocycles. The number of benzene rings is 6. The van der Waals surface area contributed by atoms with Gasteiger partial charge in [0.2, 0.25) is 0 Å². The standard InChI is InChI=1S/C57H57NO/c1-54(2)26-27-55(3,4)52-47(54)19-13-21-50(52)58(40-22-24-44-43-16-10-11-18-45(43)56(5,6)49(44)33-40)41-23-25-46-51(34-41)59-53-42(37-14-8-7-9-15-37)17-12-20-48(53)57(46)38-29-35-28-36(31-38)32-39(57)30-35/h7-25,33-36,38-39H,26-32H2,1-6H3. The summed E-state index contributed by atoms with van der Waals surface area (Å²) in [6, 6.07) is 48.9. The molecule has 6 aliphatic carbocycles. The summed E-state index contributed by atoms with van der Waals surface area (Å²) in [4.78, 5) is 2.60. The van der Waals surface area contributed by atoms with Gasteiger partial charge in [-0.15, -0.1) is 0 Å². The highest BCUT2D eigenvalue weighted by Crippen LogP contribution is 2.70. The number of nitrogens with zero attached hydrogens (tertiary/aromatic N) is 1. The Bertz CT molecular complexity index is 2670. The van der Waals surface area contributed by atoms with Crippen LogP contribution in [0.2, 0.25) is 0 Å². The summed E-state index contributed by atoms with van der Waals surface area (Å²) in [5.74, 6) is 5.15. The maximum Gasteiger partial charge on any atom is 0.139 e. The van der Waals surface area contributed by atoms with Gasteiger partial charge in [-0.25, -0.2) is 0 Å². The molecule has 0 atom stereocenters. The van der Waals surface area contributed by atoms with Crippen molar-refractivity contribution >= 4 is 17.1 Å². The van der Waals surface area contributed by atoms with Crippen LogP contribution in [0.25, 0.3) is 22.3 Å². The number of para-hydroxylation sites is 1. The number of rotatable bonds is 4. The van der Waals surface area contributed by atoms with Crippen LogP contribution in [0.1, 0.15) is 120 Å². The minimum Gasteiger partial charge on any atom is -0.456 e. The SMILES string of the molecule is CC1(C)CCC(C)(C)c2c(N(c3ccc4c(c3)Oc3c(-c5ccccc5)cccc3C43C4CC5CC(C4)CC3C5)c3ccc4c(c3)C(C)(C)c3ccccc3-4)cccc21. The number of hydrogen-bond acceptors (Lipinski definition) is 2. The van der Waals surface area contributed by atoms with E-state index in [0.29, 0.717) is 11.8 Å². The lowest BCUT2D eigenvalue weighted by molar-refractivity contribution is -0.0451. The summed E-state index contributed by atoms with van der Waals surface area (Å²) < 4.78 is 7.47. The average molecular weight is 772 g/mol. The average Bonchev–Trinajstić information content (AvgIpc) is 3.46. The molecule has 0 N–H and O–H groups in total. The van der Waals surface area contributed by atoms with E-state index >= 15 is 0 Å². The van der Waals surface area contributed by atoms with Crippen molar-refractivity contribution in [3.8, 4) is 33.8 Å². The van der Waals surface area contributed by atoms with Gasteiger partial charge >= 0.3 is 0 Å². The van der Waals surface area contributed by atoms with Crippen LogP contribution in [0.15, 0.2) is 127 Å². The number of anilines is 3. The molecular formula is C57H57NO. The van der Waals surface area contributed by atoms with Crippen LogP contribution in [0.3, 0.4) is 0 Å². The highest BCUT2D eigenvalue weighted by molar-refractivity contribution is 5.88. The molecule has 4 saturated carbocycles. The van der Waals surface area contributed by atoms with Crippen molar-refractivity contribution < 1.29 is 4.74 Å². The van der Waals surface area contributed by atoms with Gasteiger partial charge in [-0.1, -0.05) is 139 Å². The summed E-state index contributed by atoms with van der Waals surface area (Å²) >= 11 is 0. The molecule has 4 bridgehead atoms. The smallest absolute Gasteiger partial charge is 0.139 e. The first-order valence-corrected chi connectivity index (χ1v) is 22.6. The van der Waals surface area contributed by atoms with Gasteiger partial charge in [-0.05, 0) is 143 Å². The molecule has 0 radical (unpaired) electrons. The molecule has 0 saturated heterocycles. The number of hydrogen-bond donors (Lipinski definition) is 0. The zero-order chi connectivity index (χ0) is 40.1. The lowest BCUT2D eigenvalue weighted by atomic mass is 9.41. The van der Waals surface area contributed by atoms with Gasteiger partial charge in [0, 0.05) is 45.0 Å². The van der Waals surface area contributed by atoms with E-state index in [1.165, 1.54) is 111 Å². The third-order valence-corrected chi connectivity index (χ3v) is 16.7. The molecule has 2 heteroatoms. The van der Waals surface area contributed by atoms with Gasteiger partial charge in [0.15, 0.2) is 0 Å². The number of ether oxygens (including phenoxy) is 1. The summed E-state index contributed by atoms with van der Waals surface area (Å²) in [5, 5.41) is 0. The largest absolute Gasteiger partial charge is 0.456 e. The van der Waals surface area contributed by atoms with Crippen molar-refractivity contribution in [2.75, 3.05) is 4.90 Å². The molecule has 6 aromatic carbocycles. The van der Waals surface area contributed by atoms with Crippen molar-refractivity contribution in [3.05, 3.63) is 161 Å². The normalized spacial score (nSPS) is 26.6. The topological polar surface area (TPSA) is 12.5 Å². The molecule has 4 fully saturated rings. The first kappa shape index (κ1) is 35.8. The minimum absolute atomic E-state index is 0.0185. The Morgan fingerprint density at radius 2 is 1.10 bits per heavy atom. The van der Waals surface area contributed by atoms with E-state index in [4.69, 9.17) is 4.74 Å². The van der Waals surface area contributed by atoms with Crippen molar-refractivity contribution in [3.63, 3.8) is 0 Å². The fourth-order valence-corrected chi connectivity index (χ4v) is 14.1. The van der Waals surface area contributed by atoms with Crippen molar-refractivity contribution in [2.45, 2.75) is 108 Å². The summed E-state index contributed by atoms with van der Waals surface area (Å²) in [6.07, 6.45) is 9.13. The van der Waals surface area contributed by atoms with Crippen molar-refractivity contribution in [1.29, 1.82) is 0 Å². The second-order valence-corrected chi connectivity index (χ2v) is 21.2. The quantitative estimate of drug-likeness (QED) is 0.177. The Balaban J connectivity index is 1.10. The summed E-state index contributed by atoms with van der Waals surface area (Å²) in [7, 11) is 0. The number of fused-ring (bicyclic) bond motifs is 6. The van der Waals surface area contributed by atoms with Crippen LogP contribution in [0.4, 0.5) is 17.1 Å². The van der Waals surface area contributed by atoms with Gasteiger partial charge in [0.25, 0.3) is 0 Å². The second kappa shape index (κ2) is 12.2. The molecule has 13 rings (SSSR count). The minimum atomic E-state index is -0.104. The maximum atomic E-state index is 7.47. The van der Waals surface area contributed by atoms with E-state index in [1.54, 1.807) is 0 Å². The van der Waals surface area contributed by atoms with E-state index in [9.17, 15) is 0 Å². The highest BCUT2D eigenvalue weighted by atomic mass is 16.5. The van der Waals surface area contributed by atoms with Crippen LogP contribution < -0.4 is 9.64 Å². The van der Waals surface area contributed by atoms with Crippen molar-refractivity contribution in [1.82, 2.24) is 0 Å². The molecule has 7 aliphatic rings. The predicted molar refractivity (Wildman–Crippen MR) is 244 cm³/mol. The van der Waals surface area contributed by atoms with E-state index < -0.39 is 0 Å². The van der Waals surface area contributed by atoms with E-state index in [0.717, 1.165) is 29.8 Å². The maximum absolute atomic E-state index is 7.47. The van der Waals surface area contributed by atoms with Crippen LogP contribution in [0.5, 0.6) is 11.5 Å². The van der Waals surface area contributed by atoms with Gasteiger partial charge in [-0.3, -0.25) is 0 Å². The molecule has 6 aromatic rings. The highest BCUT2D eigenvalue weighted by Gasteiger charge is 2.61. The van der Waals surface area contributed by atoms with Crippen LogP contribution in [0, 0.1) is 23.7 Å². The first-order chi connectivity index (χ1) is 28.4. The zero-order valence-corrected chi connectivity index (χ0v) is 35.7. The summed E-state index contributed by atoms with van der Waals surface area (Å²) in [5.41, 5.74) is 17.4. The molecule has 1 spiro atoms. The molecule has 0 amide bonds. The summed E-state index contributed by atoms with van der Waals surface area (Å²) in [6.45, 7) is 14.6. The molecule has 59 heavy (non-hydrogen) atoms. The van der Waals surface area contributed by atoms with Crippen LogP contribution in [-0.2, 0) is 21.7 Å². The van der Waals surface area contributed by atoms with Gasteiger partial charge in [-0.2, -0.15) is 0 Å². The Kier molecular flexibility index (Phi) is 7.44. The lowest BCUT2D eigenvalue weighted by Crippen LogP contribution is -2.57. The fourth-order valence-electron chi connectivity index (χ4n) is 14.1. The zero-order valence-electron chi connectivity index (χ0n) is 35.7. The Labute approximate surface area is 351 Å². The first-order valence-electron chi connectivity index (χ1n) is 22.6. The third kappa shape index (κ3) is 4.92. The van der Waals surface area contributed by atoms with Crippen LogP contribution >= 0.6 is 0 Å². The molecule has 0 aromatic heterocycles. The van der Waals surface area contributed by atoms with E-state index in [2.05, 4.69) is 174 Å². The third-order valence-electron chi connectivity index (χ3n) is 16.7. The molecule has 0 unspecified atom stereocenters. The van der Waals surface area contributed by atoms with Gasteiger partial charge in [0.1, 0.15) is 11.5 Å². The Morgan fingerprint density at radius 3 is 1.88 bits per heavy atom. The molecule has 2 nitrogen and oxygen atoms in total. The van der Waals surface area contributed by atoms with E-state index in [1.807, 2.05) is 0 Å². The molecule has 1 aliphatic heterocycles. The fraction of sp³-hybridized carbons (Fsp3) is 0.368. The Hall–Kier alpha value is -5.08. The van der Waals surface area contributed by atoms with Crippen LogP contribution in [-0.4, -0.2) is 0 Å². The Morgan fingerprint density at radius 1 is 0.492 bits per heavy atom. The molecular weight excluding hydrogens is 715 g/mol. The van der Waals surface area contributed by atoms with E-state index in [-0.39, 0.29) is 21.7 Å². The van der Waals surface area contributed by atoms with Crippen molar-refractivity contribution in [2.24, 2.45) is 23.7 Å². The van der Waals surface area contributed by atoms with Gasteiger partial charge in [0.05, 0.1) is 5.69 Å². The monoisotopic (exact) mass is 771 g/mol. The second-order valence-electron chi connectivity index (χ2n) is 21.2. The molecule has 296 valence electrons. The predicted octanol–water partition coefficient (Wildman–Crippen LogP) is 15.3.